The SMILES string of the molecule is COc1ccc(OC)c(NC(=O)c2sc3nc4c(c(-c5ccccc5)c3c2N)CCCC4)c1. The molecule has 0 bridgehead atoms. The summed E-state index contributed by atoms with van der Waals surface area (Å²) < 4.78 is 10.7. The number of pyridine rings is 1. The van der Waals surface area contributed by atoms with E-state index in [1.807, 2.05) is 18.2 Å². The Morgan fingerprint density at radius 3 is 2.61 bits per heavy atom. The van der Waals surface area contributed by atoms with Gasteiger partial charge in [-0.3, -0.25) is 4.79 Å². The minimum absolute atomic E-state index is 0.293. The fourth-order valence-corrected chi connectivity index (χ4v) is 5.51. The van der Waals surface area contributed by atoms with Gasteiger partial charge >= 0.3 is 0 Å². The number of methoxy groups -OCH3 is 2. The lowest BCUT2D eigenvalue weighted by molar-refractivity contribution is 0.103. The average molecular weight is 460 g/mol. The molecule has 0 aliphatic heterocycles. The summed E-state index contributed by atoms with van der Waals surface area (Å²) in [7, 11) is 3.14. The van der Waals surface area contributed by atoms with Crippen molar-refractivity contribution >= 4 is 38.8 Å². The number of fused-ring (bicyclic) bond motifs is 2. The zero-order valence-electron chi connectivity index (χ0n) is 18.6. The van der Waals surface area contributed by atoms with Crippen LogP contribution in [0.2, 0.25) is 0 Å². The van der Waals surface area contributed by atoms with Crippen LogP contribution in [0.3, 0.4) is 0 Å². The van der Waals surface area contributed by atoms with Gasteiger partial charge in [0.15, 0.2) is 0 Å². The topological polar surface area (TPSA) is 86.5 Å². The number of nitrogens with zero attached hydrogens (tertiary/aromatic N) is 1. The molecular weight excluding hydrogens is 434 g/mol. The summed E-state index contributed by atoms with van der Waals surface area (Å²) in [5.41, 5.74) is 12.2. The Bertz CT molecular complexity index is 1350. The maximum atomic E-state index is 13.3. The second-order valence-electron chi connectivity index (χ2n) is 8.03. The highest BCUT2D eigenvalue weighted by atomic mass is 32.1. The van der Waals surface area contributed by atoms with Crippen molar-refractivity contribution in [2.45, 2.75) is 25.7 Å². The highest BCUT2D eigenvalue weighted by Crippen LogP contribution is 2.44. The summed E-state index contributed by atoms with van der Waals surface area (Å²) in [5, 5.41) is 3.81. The number of hydrogen-bond acceptors (Lipinski definition) is 6. The molecule has 3 N–H and O–H groups in total. The first-order valence-corrected chi connectivity index (χ1v) is 11.7. The molecule has 4 aromatic rings. The zero-order valence-corrected chi connectivity index (χ0v) is 19.4. The van der Waals surface area contributed by atoms with Crippen LogP contribution in [-0.2, 0) is 12.8 Å². The number of amides is 1. The first-order chi connectivity index (χ1) is 16.1. The van der Waals surface area contributed by atoms with Gasteiger partial charge in [0.2, 0.25) is 0 Å². The van der Waals surface area contributed by atoms with Gasteiger partial charge < -0.3 is 20.5 Å². The van der Waals surface area contributed by atoms with Gasteiger partial charge in [-0.2, -0.15) is 0 Å². The van der Waals surface area contributed by atoms with Gasteiger partial charge in [0.1, 0.15) is 21.2 Å². The van der Waals surface area contributed by atoms with Crippen LogP contribution in [0.1, 0.15) is 33.8 Å². The molecule has 1 aliphatic rings. The number of nitrogens with one attached hydrogen (secondary N) is 1. The minimum Gasteiger partial charge on any atom is -0.497 e. The van der Waals surface area contributed by atoms with E-state index in [4.69, 9.17) is 20.2 Å². The second-order valence-corrected chi connectivity index (χ2v) is 9.03. The molecule has 0 saturated heterocycles. The molecule has 0 saturated carbocycles. The van der Waals surface area contributed by atoms with Gasteiger partial charge in [-0.1, -0.05) is 30.3 Å². The molecule has 0 atom stereocenters. The molecule has 0 unspecified atom stereocenters. The van der Waals surface area contributed by atoms with E-state index in [1.54, 1.807) is 32.4 Å². The molecule has 7 heteroatoms. The van der Waals surface area contributed by atoms with E-state index in [0.717, 1.165) is 52.7 Å². The number of benzene rings is 2. The lowest BCUT2D eigenvalue weighted by Gasteiger charge is -2.20. The van der Waals surface area contributed by atoms with Crippen LogP contribution in [-0.4, -0.2) is 25.1 Å². The lowest BCUT2D eigenvalue weighted by atomic mass is 9.87. The van der Waals surface area contributed by atoms with Crippen molar-refractivity contribution in [3.63, 3.8) is 0 Å². The molecule has 2 aromatic carbocycles. The Kier molecular flexibility index (Phi) is 5.64. The number of nitrogen functional groups attached to an aromatic ring is 1. The first kappa shape index (κ1) is 21.3. The highest BCUT2D eigenvalue weighted by molar-refractivity contribution is 7.21. The average Bonchev–Trinajstić information content (AvgIpc) is 3.19. The number of aromatic nitrogens is 1. The van der Waals surface area contributed by atoms with Crippen LogP contribution in [0.4, 0.5) is 11.4 Å². The van der Waals surface area contributed by atoms with Crippen LogP contribution >= 0.6 is 11.3 Å². The van der Waals surface area contributed by atoms with Crippen LogP contribution in [0.25, 0.3) is 21.3 Å². The predicted molar refractivity (Wildman–Crippen MR) is 134 cm³/mol. The number of thiophene rings is 1. The number of ether oxygens (including phenoxy) is 2. The summed E-state index contributed by atoms with van der Waals surface area (Å²) in [6, 6.07) is 15.5. The number of carbonyl (C=O) groups is 1. The Labute approximate surface area is 196 Å². The molecule has 0 radical (unpaired) electrons. The van der Waals surface area contributed by atoms with Gasteiger partial charge in [-0.25, -0.2) is 4.98 Å². The molecular formula is C26H25N3O3S. The van der Waals surface area contributed by atoms with E-state index in [0.29, 0.717) is 27.8 Å². The van der Waals surface area contributed by atoms with Crippen molar-refractivity contribution in [3.05, 3.63) is 64.7 Å². The first-order valence-electron chi connectivity index (χ1n) is 10.9. The molecule has 0 spiro atoms. The van der Waals surface area contributed by atoms with E-state index >= 15 is 0 Å². The smallest absolute Gasteiger partial charge is 0.268 e. The summed E-state index contributed by atoms with van der Waals surface area (Å²) >= 11 is 1.34. The molecule has 6 nitrogen and oxygen atoms in total. The van der Waals surface area contributed by atoms with Gasteiger partial charge in [0.05, 0.1) is 25.6 Å². The van der Waals surface area contributed by atoms with Crippen LogP contribution < -0.4 is 20.5 Å². The fraction of sp³-hybridized carbons (Fsp3) is 0.231. The third-order valence-electron chi connectivity index (χ3n) is 6.08. The van der Waals surface area contributed by atoms with Crippen molar-refractivity contribution in [3.8, 4) is 22.6 Å². The number of nitrogens with two attached hydrogens (primary N) is 1. The van der Waals surface area contributed by atoms with Crippen LogP contribution in [0.15, 0.2) is 48.5 Å². The van der Waals surface area contributed by atoms with Crippen molar-refractivity contribution in [2.24, 2.45) is 0 Å². The van der Waals surface area contributed by atoms with Crippen LogP contribution in [0, 0.1) is 0 Å². The van der Waals surface area contributed by atoms with Gasteiger partial charge in [0, 0.05) is 17.1 Å². The molecule has 33 heavy (non-hydrogen) atoms. The van der Waals surface area contributed by atoms with E-state index in [2.05, 4.69) is 17.4 Å². The second kappa shape index (κ2) is 8.75. The molecule has 1 amide bonds. The largest absolute Gasteiger partial charge is 0.497 e. The Hall–Kier alpha value is -3.58. The Morgan fingerprint density at radius 2 is 1.85 bits per heavy atom. The molecule has 1 aliphatic carbocycles. The van der Waals surface area contributed by atoms with Crippen molar-refractivity contribution < 1.29 is 14.3 Å². The van der Waals surface area contributed by atoms with Gasteiger partial charge in [0.25, 0.3) is 5.91 Å². The number of carbonyl (C=O) groups excluding carboxylic acids is 1. The van der Waals surface area contributed by atoms with E-state index in [1.165, 1.54) is 16.9 Å². The summed E-state index contributed by atoms with van der Waals surface area (Å²) in [6.07, 6.45) is 4.18. The molecule has 2 heterocycles. The zero-order chi connectivity index (χ0) is 22.9. The number of aryl methyl sites for hydroxylation is 1. The van der Waals surface area contributed by atoms with Gasteiger partial charge in [-0.15, -0.1) is 11.3 Å². The predicted octanol–water partition coefficient (Wildman–Crippen LogP) is 5.69. The van der Waals surface area contributed by atoms with Crippen LogP contribution in [0.5, 0.6) is 11.5 Å². The molecule has 2 aromatic heterocycles. The number of hydrogen-bond donors (Lipinski definition) is 2. The summed E-state index contributed by atoms with van der Waals surface area (Å²) in [4.78, 5) is 19.5. The quantitative estimate of drug-likeness (QED) is 0.400. The monoisotopic (exact) mass is 459 g/mol. The van der Waals surface area contributed by atoms with E-state index in [9.17, 15) is 4.79 Å². The maximum Gasteiger partial charge on any atom is 0.268 e. The molecule has 168 valence electrons. The molecule has 0 fully saturated rings. The standard InChI is InChI=1S/C26H25N3O3S/c1-31-16-12-13-20(32-2)19(14-16)28-25(30)24-23(27)22-21(15-8-4-3-5-9-15)17-10-6-7-11-18(17)29-26(22)33-24/h3-5,8-9,12-14H,6-7,10-11,27H2,1-2H3,(H,28,30). The van der Waals surface area contributed by atoms with Crippen molar-refractivity contribution in [1.29, 1.82) is 0 Å². The maximum absolute atomic E-state index is 13.3. The normalized spacial score (nSPS) is 12.9. The van der Waals surface area contributed by atoms with Crippen molar-refractivity contribution in [1.82, 2.24) is 4.98 Å². The van der Waals surface area contributed by atoms with E-state index < -0.39 is 0 Å². The highest BCUT2D eigenvalue weighted by Gasteiger charge is 2.26. The van der Waals surface area contributed by atoms with Crippen molar-refractivity contribution in [2.75, 3.05) is 25.3 Å². The van der Waals surface area contributed by atoms with Gasteiger partial charge in [-0.05, 0) is 54.5 Å². The summed E-state index contributed by atoms with van der Waals surface area (Å²) in [5.74, 6) is 0.873. The minimum atomic E-state index is -0.293. The fourth-order valence-electron chi connectivity index (χ4n) is 4.49. The summed E-state index contributed by atoms with van der Waals surface area (Å²) in [6.45, 7) is 0. The third-order valence-corrected chi connectivity index (χ3v) is 7.18. The number of anilines is 2. The number of rotatable bonds is 5. The Balaban J connectivity index is 1.64. The van der Waals surface area contributed by atoms with E-state index in [-0.39, 0.29) is 5.91 Å². The lowest BCUT2D eigenvalue weighted by Crippen LogP contribution is -2.13. The Morgan fingerprint density at radius 1 is 1.06 bits per heavy atom. The molecule has 5 rings (SSSR count). The third kappa shape index (κ3) is 3.78.